The van der Waals surface area contributed by atoms with E-state index in [-0.39, 0.29) is 29.1 Å². The van der Waals surface area contributed by atoms with Gasteiger partial charge in [0, 0.05) is 24.9 Å². The van der Waals surface area contributed by atoms with Gasteiger partial charge < -0.3 is 10.4 Å². The summed E-state index contributed by atoms with van der Waals surface area (Å²) < 4.78 is 52.8. The van der Waals surface area contributed by atoms with E-state index in [9.17, 15) is 17.2 Å². The number of benzene rings is 1. The van der Waals surface area contributed by atoms with Crippen molar-refractivity contribution in [3.8, 4) is 0 Å². The molecule has 0 aliphatic heterocycles. The van der Waals surface area contributed by atoms with Gasteiger partial charge in [-0.3, -0.25) is 4.72 Å². The van der Waals surface area contributed by atoms with Crippen molar-refractivity contribution in [3.63, 3.8) is 0 Å². The summed E-state index contributed by atoms with van der Waals surface area (Å²) in [5.74, 6) is -1.75. The number of rotatable bonds is 7. The van der Waals surface area contributed by atoms with Crippen molar-refractivity contribution in [2.45, 2.75) is 24.8 Å². The topological polar surface area (TPSA) is 91.3 Å². The van der Waals surface area contributed by atoms with Crippen LogP contribution in [0.2, 0.25) is 0 Å². The van der Waals surface area contributed by atoms with Crippen LogP contribution in [0.4, 0.5) is 20.3 Å². The molecule has 1 aromatic carbocycles. The fraction of sp³-hybridized carbons (Fsp3) is 0.312. The number of pyridine rings is 1. The van der Waals surface area contributed by atoms with Gasteiger partial charge in [0.15, 0.2) is 11.6 Å². The standard InChI is InChI=1S/C16H19F2N3O3S/c1-10(9-22)11(2)20-16-6-4-13(8-19-16)25(23,24)21-12-3-5-14(17)15(18)7-12/h3-8,10-11,21-22H,9H2,1-2H3,(H,19,20). The Morgan fingerprint density at radius 3 is 2.44 bits per heavy atom. The van der Waals surface area contributed by atoms with Gasteiger partial charge in [0.2, 0.25) is 0 Å². The first-order valence-corrected chi connectivity index (χ1v) is 9.02. The average molecular weight is 371 g/mol. The molecule has 25 heavy (non-hydrogen) atoms. The zero-order chi connectivity index (χ0) is 18.6. The summed E-state index contributed by atoms with van der Waals surface area (Å²) in [6.45, 7) is 3.75. The Hall–Kier alpha value is -2.26. The molecule has 2 aromatic rings. The van der Waals surface area contributed by atoms with E-state index < -0.39 is 21.7 Å². The zero-order valence-corrected chi connectivity index (χ0v) is 14.5. The van der Waals surface area contributed by atoms with E-state index >= 15 is 0 Å². The molecule has 2 unspecified atom stereocenters. The van der Waals surface area contributed by atoms with Crippen LogP contribution in [0.25, 0.3) is 0 Å². The number of anilines is 2. The molecule has 0 spiro atoms. The lowest BCUT2D eigenvalue weighted by Crippen LogP contribution is -2.26. The molecule has 0 amide bonds. The van der Waals surface area contributed by atoms with Crippen molar-refractivity contribution in [2.75, 3.05) is 16.6 Å². The summed E-state index contributed by atoms with van der Waals surface area (Å²) in [4.78, 5) is 3.91. The first kappa shape index (κ1) is 19.1. The van der Waals surface area contributed by atoms with Gasteiger partial charge >= 0.3 is 0 Å². The van der Waals surface area contributed by atoms with Crippen LogP contribution in [0.15, 0.2) is 41.4 Å². The fourth-order valence-corrected chi connectivity index (χ4v) is 2.93. The highest BCUT2D eigenvalue weighted by Crippen LogP contribution is 2.19. The van der Waals surface area contributed by atoms with E-state index in [1.807, 2.05) is 13.8 Å². The predicted molar refractivity (Wildman–Crippen MR) is 90.7 cm³/mol. The van der Waals surface area contributed by atoms with Crippen LogP contribution in [0.1, 0.15) is 13.8 Å². The minimum Gasteiger partial charge on any atom is -0.396 e. The molecule has 2 atom stereocenters. The maximum absolute atomic E-state index is 13.2. The Morgan fingerprint density at radius 2 is 1.88 bits per heavy atom. The number of aliphatic hydroxyl groups excluding tert-OH is 1. The molecule has 0 fully saturated rings. The minimum absolute atomic E-state index is 0.000230. The smallest absolute Gasteiger partial charge is 0.263 e. The van der Waals surface area contributed by atoms with Gasteiger partial charge in [-0.2, -0.15) is 0 Å². The molecule has 9 heteroatoms. The van der Waals surface area contributed by atoms with Crippen LogP contribution in [-0.2, 0) is 10.0 Å². The molecule has 6 nitrogen and oxygen atoms in total. The first-order chi connectivity index (χ1) is 11.7. The van der Waals surface area contributed by atoms with Gasteiger partial charge in [0.25, 0.3) is 10.0 Å². The van der Waals surface area contributed by atoms with Crippen LogP contribution < -0.4 is 10.0 Å². The molecule has 0 aliphatic rings. The van der Waals surface area contributed by atoms with Crippen LogP contribution in [0.5, 0.6) is 0 Å². The van der Waals surface area contributed by atoms with Gasteiger partial charge in [0.05, 0.1) is 5.69 Å². The van der Waals surface area contributed by atoms with Crippen LogP contribution >= 0.6 is 0 Å². The summed E-state index contributed by atoms with van der Waals surface area (Å²) in [6, 6.07) is 5.49. The summed E-state index contributed by atoms with van der Waals surface area (Å²) >= 11 is 0. The monoisotopic (exact) mass is 371 g/mol. The first-order valence-electron chi connectivity index (χ1n) is 7.54. The molecule has 0 radical (unpaired) electrons. The lowest BCUT2D eigenvalue weighted by atomic mass is 10.1. The Kier molecular flexibility index (Phi) is 5.91. The molecule has 1 aromatic heterocycles. The summed E-state index contributed by atoms with van der Waals surface area (Å²) in [5.41, 5.74) is -0.0912. The van der Waals surface area contributed by atoms with Crippen molar-refractivity contribution in [1.82, 2.24) is 4.98 Å². The quantitative estimate of drug-likeness (QED) is 0.696. The van der Waals surface area contributed by atoms with E-state index in [0.29, 0.717) is 5.82 Å². The fourth-order valence-electron chi connectivity index (χ4n) is 1.93. The van der Waals surface area contributed by atoms with Gasteiger partial charge in [-0.1, -0.05) is 6.92 Å². The number of nitrogens with one attached hydrogen (secondary N) is 2. The van der Waals surface area contributed by atoms with E-state index in [0.717, 1.165) is 24.4 Å². The van der Waals surface area contributed by atoms with Crippen molar-refractivity contribution < 1.29 is 22.3 Å². The predicted octanol–water partition coefficient (Wildman–Crippen LogP) is 2.59. The van der Waals surface area contributed by atoms with E-state index in [2.05, 4.69) is 15.0 Å². The van der Waals surface area contributed by atoms with Crippen molar-refractivity contribution in [1.29, 1.82) is 0 Å². The van der Waals surface area contributed by atoms with Crippen LogP contribution in [0.3, 0.4) is 0 Å². The Morgan fingerprint density at radius 1 is 1.16 bits per heavy atom. The van der Waals surface area contributed by atoms with E-state index in [1.165, 1.54) is 12.1 Å². The molecule has 1 heterocycles. The number of aromatic nitrogens is 1. The van der Waals surface area contributed by atoms with E-state index in [4.69, 9.17) is 5.11 Å². The van der Waals surface area contributed by atoms with E-state index in [1.54, 1.807) is 0 Å². The number of hydrogen-bond acceptors (Lipinski definition) is 5. The summed E-state index contributed by atoms with van der Waals surface area (Å²) in [7, 11) is -3.98. The van der Waals surface area contributed by atoms with Crippen LogP contribution in [0, 0.1) is 17.6 Å². The average Bonchev–Trinajstić information content (AvgIpc) is 2.57. The second-order valence-corrected chi connectivity index (χ2v) is 7.39. The van der Waals surface area contributed by atoms with Crippen molar-refractivity contribution in [2.24, 2.45) is 5.92 Å². The maximum atomic E-state index is 13.2. The number of halogens is 2. The van der Waals surface area contributed by atoms with Crippen molar-refractivity contribution in [3.05, 3.63) is 48.2 Å². The lowest BCUT2D eigenvalue weighted by molar-refractivity contribution is 0.226. The highest BCUT2D eigenvalue weighted by atomic mass is 32.2. The van der Waals surface area contributed by atoms with Crippen LogP contribution in [-0.4, -0.2) is 31.2 Å². The Balaban J connectivity index is 2.13. The van der Waals surface area contributed by atoms with Gasteiger partial charge in [-0.05, 0) is 37.1 Å². The molecular formula is C16H19F2N3O3S. The minimum atomic E-state index is -3.98. The number of sulfonamides is 1. The van der Waals surface area contributed by atoms with Crippen molar-refractivity contribution >= 4 is 21.5 Å². The third kappa shape index (κ3) is 4.86. The maximum Gasteiger partial charge on any atom is 0.263 e. The number of hydrogen-bond donors (Lipinski definition) is 3. The molecule has 136 valence electrons. The second kappa shape index (κ2) is 7.75. The number of aliphatic hydroxyl groups is 1. The Bertz CT molecular complexity index is 829. The SMILES string of the molecule is CC(CO)C(C)Nc1ccc(S(=O)(=O)Nc2ccc(F)c(F)c2)cn1. The zero-order valence-electron chi connectivity index (χ0n) is 13.7. The highest BCUT2D eigenvalue weighted by Gasteiger charge is 2.17. The second-order valence-electron chi connectivity index (χ2n) is 5.71. The normalized spacial score (nSPS) is 14.0. The largest absolute Gasteiger partial charge is 0.396 e. The third-order valence-corrected chi connectivity index (χ3v) is 5.10. The molecule has 2 rings (SSSR count). The molecule has 0 saturated heterocycles. The molecule has 3 N–H and O–H groups in total. The summed E-state index contributed by atoms with van der Waals surface area (Å²) in [6.07, 6.45) is 1.15. The lowest BCUT2D eigenvalue weighted by Gasteiger charge is -2.19. The van der Waals surface area contributed by atoms with Gasteiger partial charge in [-0.15, -0.1) is 0 Å². The molecule has 0 aliphatic carbocycles. The number of nitrogens with zero attached hydrogens (tertiary/aromatic N) is 1. The van der Waals surface area contributed by atoms with Gasteiger partial charge in [0.1, 0.15) is 10.7 Å². The summed E-state index contributed by atoms with van der Waals surface area (Å²) in [5, 5.41) is 12.2. The molecule has 0 bridgehead atoms. The molecule has 0 saturated carbocycles. The third-order valence-electron chi connectivity index (χ3n) is 3.74. The van der Waals surface area contributed by atoms with Gasteiger partial charge in [-0.25, -0.2) is 22.2 Å². The highest BCUT2D eigenvalue weighted by molar-refractivity contribution is 7.92. The Labute approximate surface area is 145 Å². The molecular weight excluding hydrogens is 352 g/mol.